The fourth-order valence-corrected chi connectivity index (χ4v) is 2.36. The van der Waals surface area contributed by atoms with Crippen LogP contribution in [0.15, 0.2) is 36.5 Å². The highest BCUT2D eigenvalue weighted by Gasteiger charge is 2.32. The molecule has 1 atom stereocenters. The summed E-state index contributed by atoms with van der Waals surface area (Å²) >= 11 is 0. The van der Waals surface area contributed by atoms with Gasteiger partial charge in [0.1, 0.15) is 0 Å². The van der Waals surface area contributed by atoms with Gasteiger partial charge in [0.05, 0.1) is 17.8 Å². The predicted octanol–water partition coefficient (Wildman–Crippen LogP) is 1.24. The van der Waals surface area contributed by atoms with Crippen molar-refractivity contribution in [2.45, 2.75) is 6.42 Å². The van der Waals surface area contributed by atoms with E-state index in [0.717, 1.165) is 5.69 Å². The molecule has 116 valence electrons. The Hall–Kier alpha value is -2.41. The van der Waals surface area contributed by atoms with Crippen molar-refractivity contribution in [3.63, 3.8) is 0 Å². The normalized spacial score (nSPS) is 17.1. The number of aliphatic carboxylic acids is 1. The molecule has 1 aromatic heterocycles. The van der Waals surface area contributed by atoms with E-state index >= 15 is 0 Å². The van der Waals surface area contributed by atoms with E-state index in [-0.39, 0.29) is 30.6 Å². The van der Waals surface area contributed by atoms with Crippen molar-refractivity contribution in [3.05, 3.63) is 42.2 Å². The van der Waals surface area contributed by atoms with Crippen molar-refractivity contribution in [1.29, 1.82) is 0 Å². The molecule has 1 aliphatic rings. The quantitative estimate of drug-likeness (QED) is 0.918. The standard InChI is InChI=1S/C14H14N4O3.ClH/c19-13(17-7-6-10(9-17)14(20)21)12-8-15-18(16-12)11-4-2-1-3-5-11;/h1-5,8,10H,6-7,9H2,(H,20,21);1H. The molecule has 1 saturated heterocycles. The fourth-order valence-electron chi connectivity index (χ4n) is 2.36. The first-order chi connectivity index (χ1) is 10.1. The maximum absolute atomic E-state index is 12.3. The lowest BCUT2D eigenvalue weighted by atomic mass is 10.1. The molecule has 3 rings (SSSR count). The maximum Gasteiger partial charge on any atom is 0.308 e. The van der Waals surface area contributed by atoms with Gasteiger partial charge in [-0.15, -0.1) is 17.5 Å². The van der Waals surface area contributed by atoms with Crippen molar-refractivity contribution in [2.75, 3.05) is 13.1 Å². The Balaban J connectivity index is 0.00000176. The summed E-state index contributed by atoms with van der Waals surface area (Å²) in [6.45, 7) is 0.667. The Labute approximate surface area is 132 Å². The highest BCUT2D eigenvalue weighted by molar-refractivity contribution is 5.92. The number of benzene rings is 1. The second-order valence-corrected chi connectivity index (χ2v) is 4.93. The van der Waals surface area contributed by atoms with Gasteiger partial charge in [0.2, 0.25) is 0 Å². The molecule has 0 aliphatic carbocycles. The van der Waals surface area contributed by atoms with Gasteiger partial charge in [-0.2, -0.15) is 9.90 Å². The average molecular weight is 323 g/mol. The van der Waals surface area contributed by atoms with Crippen molar-refractivity contribution in [1.82, 2.24) is 19.9 Å². The van der Waals surface area contributed by atoms with Crippen molar-refractivity contribution < 1.29 is 14.7 Å². The highest BCUT2D eigenvalue weighted by Crippen LogP contribution is 2.18. The van der Waals surface area contributed by atoms with Crippen LogP contribution in [0.2, 0.25) is 0 Å². The zero-order chi connectivity index (χ0) is 14.8. The summed E-state index contributed by atoms with van der Waals surface area (Å²) in [6, 6.07) is 9.28. The second-order valence-electron chi connectivity index (χ2n) is 4.93. The molecule has 0 radical (unpaired) electrons. The summed E-state index contributed by atoms with van der Waals surface area (Å²) in [5, 5.41) is 17.2. The van der Waals surface area contributed by atoms with Gasteiger partial charge in [-0.25, -0.2) is 0 Å². The minimum atomic E-state index is -0.863. The van der Waals surface area contributed by atoms with Crippen LogP contribution >= 0.6 is 12.4 Å². The molecular weight excluding hydrogens is 308 g/mol. The molecule has 0 saturated carbocycles. The molecule has 2 aromatic rings. The van der Waals surface area contributed by atoms with Gasteiger partial charge in [-0.3, -0.25) is 9.59 Å². The van der Waals surface area contributed by atoms with Crippen LogP contribution in [0.5, 0.6) is 0 Å². The van der Waals surface area contributed by atoms with Crippen LogP contribution in [-0.2, 0) is 4.79 Å². The van der Waals surface area contributed by atoms with Crippen LogP contribution < -0.4 is 0 Å². The molecule has 1 aliphatic heterocycles. The van der Waals surface area contributed by atoms with Crippen LogP contribution in [0.1, 0.15) is 16.9 Å². The molecule has 2 heterocycles. The van der Waals surface area contributed by atoms with E-state index in [4.69, 9.17) is 5.11 Å². The minimum Gasteiger partial charge on any atom is -0.481 e. The van der Waals surface area contributed by atoms with E-state index in [1.807, 2.05) is 30.3 Å². The molecule has 1 fully saturated rings. The van der Waals surface area contributed by atoms with Crippen molar-refractivity contribution in [2.24, 2.45) is 5.92 Å². The number of nitrogens with zero attached hydrogens (tertiary/aromatic N) is 4. The monoisotopic (exact) mass is 322 g/mol. The summed E-state index contributed by atoms with van der Waals surface area (Å²) in [5.41, 5.74) is 0.992. The van der Waals surface area contributed by atoms with Crippen molar-refractivity contribution >= 4 is 24.3 Å². The third-order valence-electron chi connectivity index (χ3n) is 3.52. The summed E-state index contributed by atoms with van der Waals surface area (Å²) in [6.07, 6.45) is 1.89. The first-order valence-electron chi connectivity index (χ1n) is 6.65. The number of carbonyl (C=O) groups excluding carboxylic acids is 1. The molecule has 22 heavy (non-hydrogen) atoms. The Morgan fingerprint density at radius 2 is 1.95 bits per heavy atom. The zero-order valence-corrected chi connectivity index (χ0v) is 12.4. The van der Waals surface area contributed by atoms with Crippen LogP contribution in [0.3, 0.4) is 0 Å². The Morgan fingerprint density at radius 1 is 1.23 bits per heavy atom. The van der Waals surface area contributed by atoms with Gasteiger partial charge >= 0.3 is 5.97 Å². The molecule has 8 heteroatoms. The fraction of sp³-hybridized carbons (Fsp3) is 0.286. The van der Waals surface area contributed by atoms with E-state index in [1.165, 1.54) is 15.9 Å². The number of hydrogen-bond donors (Lipinski definition) is 1. The van der Waals surface area contributed by atoms with Gasteiger partial charge in [0.25, 0.3) is 5.91 Å². The van der Waals surface area contributed by atoms with Crippen LogP contribution in [0.25, 0.3) is 5.69 Å². The van der Waals surface area contributed by atoms with Gasteiger partial charge in [0, 0.05) is 13.1 Å². The molecule has 0 bridgehead atoms. The smallest absolute Gasteiger partial charge is 0.308 e. The molecule has 1 unspecified atom stereocenters. The van der Waals surface area contributed by atoms with E-state index < -0.39 is 11.9 Å². The van der Waals surface area contributed by atoms with E-state index in [9.17, 15) is 9.59 Å². The molecule has 1 amide bonds. The lowest BCUT2D eigenvalue weighted by Gasteiger charge is -2.13. The number of hydrogen-bond acceptors (Lipinski definition) is 4. The number of likely N-dealkylation sites (tertiary alicyclic amines) is 1. The van der Waals surface area contributed by atoms with Gasteiger partial charge in [-0.1, -0.05) is 18.2 Å². The Morgan fingerprint density at radius 3 is 2.59 bits per heavy atom. The lowest BCUT2D eigenvalue weighted by molar-refractivity contribution is -0.141. The number of para-hydroxylation sites is 1. The summed E-state index contributed by atoms with van der Waals surface area (Å²) < 4.78 is 0. The molecular formula is C14H15ClN4O3. The molecule has 1 N–H and O–H groups in total. The van der Waals surface area contributed by atoms with E-state index in [2.05, 4.69) is 10.2 Å². The third-order valence-corrected chi connectivity index (χ3v) is 3.52. The molecule has 7 nitrogen and oxygen atoms in total. The largest absolute Gasteiger partial charge is 0.481 e. The number of amides is 1. The number of carboxylic acids is 1. The first kappa shape index (κ1) is 16.0. The van der Waals surface area contributed by atoms with E-state index in [1.54, 1.807) is 0 Å². The topological polar surface area (TPSA) is 88.3 Å². The maximum atomic E-state index is 12.3. The second kappa shape index (κ2) is 6.57. The van der Waals surface area contributed by atoms with Crippen LogP contribution in [0.4, 0.5) is 0 Å². The van der Waals surface area contributed by atoms with Gasteiger partial charge < -0.3 is 10.0 Å². The summed E-state index contributed by atoms with van der Waals surface area (Å²) in [5.74, 6) is -1.63. The van der Waals surface area contributed by atoms with Crippen molar-refractivity contribution in [3.8, 4) is 5.69 Å². The average Bonchev–Trinajstić information content (AvgIpc) is 3.17. The number of carboxylic acid groups (broad SMARTS) is 1. The van der Waals surface area contributed by atoms with Crippen LogP contribution in [0, 0.1) is 5.92 Å². The van der Waals surface area contributed by atoms with E-state index in [0.29, 0.717) is 13.0 Å². The summed E-state index contributed by atoms with van der Waals surface area (Å²) in [4.78, 5) is 26.1. The minimum absolute atomic E-state index is 0. The zero-order valence-electron chi connectivity index (χ0n) is 11.6. The Bertz CT molecular complexity index is 674. The predicted molar refractivity (Wildman–Crippen MR) is 80.3 cm³/mol. The summed E-state index contributed by atoms with van der Waals surface area (Å²) in [7, 11) is 0. The third kappa shape index (κ3) is 3.09. The molecule has 1 aromatic carbocycles. The lowest BCUT2D eigenvalue weighted by Crippen LogP contribution is -2.30. The number of carbonyl (C=O) groups is 2. The highest BCUT2D eigenvalue weighted by atomic mass is 35.5. The molecule has 0 spiro atoms. The first-order valence-corrected chi connectivity index (χ1v) is 6.65. The van der Waals surface area contributed by atoms with Crippen LogP contribution in [-0.4, -0.2) is 50.0 Å². The number of aromatic nitrogens is 3. The number of halogens is 1. The van der Waals surface area contributed by atoms with Gasteiger partial charge in [-0.05, 0) is 18.6 Å². The Kier molecular flexibility index (Phi) is 4.77. The number of rotatable bonds is 3. The SMILES string of the molecule is Cl.O=C(O)C1CCN(C(=O)c2cnn(-c3ccccc3)n2)C1. The van der Waals surface area contributed by atoms with Gasteiger partial charge in [0.15, 0.2) is 5.69 Å².